The minimum Gasteiger partial charge on any atom is -0.464 e. The van der Waals surface area contributed by atoms with E-state index in [1.165, 1.54) is 16.7 Å². The highest BCUT2D eigenvalue weighted by Crippen LogP contribution is 2.25. The summed E-state index contributed by atoms with van der Waals surface area (Å²) in [6.45, 7) is 12.2. The summed E-state index contributed by atoms with van der Waals surface area (Å²) < 4.78 is 9.80. The number of benzene rings is 1. The molecule has 0 radical (unpaired) electrons. The Morgan fingerprint density at radius 1 is 1.06 bits per heavy atom. The smallest absolute Gasteiger partial charge is 0.353 e. The van der Waals surface area contributed by atoms with E-state index in [4.69, 9.17) is 4.74 Å². The first-order valence-electron chi connectivity index (χ1n) is 9.29. The lowest BCUT2D eigenvalue weighted by atomic mass is 10.1. The Morgan fingerprint density at radius 2 is 1.75 bits per heavy atom. The average Bonchev–Trinajstić information content (AvgIpc) is 3.22. The largest absolute Gasteiger partial charge is 0.464 e. The summed E-state index contributed by atoms with van der Waals surface area (Å²) in [6, 6.07) is 6.69. The van der Waals surface area contributed by atoms with Gasteiger partial charge in [0, 0.05) is 10.9 Å². The summed E-state index contributed by atoms with van der Waals surface area (Å²) in [5.41, 5.74) is -0.196. The van der Waals surface area contributed by atoms with Crippen molar-refractivity contribution in [2.24, 2.45) is 0 Å². The highest BCUT2D eigenvalue weighted by Gasteiger charge is 2.20. The van der Waals surface area contributed by atoms with Crippen LogP contribution < -0.4 is 10.6 Å². The van der Waals surface area contributed by atoms with Crippen molar-refractivity contribution < 1.29 is 28.7 Å². The molecule has 0 saturated heterocycles. The zero-order valence-corrected chi connectivity index (χ0v) is 18.9. The van der Waals surface area contributed by atoms with Gasteiger partial charge in [0.25, 0.3) is 11.8 Å². The van der Waals surface area contributed by atoms with Crippen LogP contribution in [0.15, 0.2) is 54.2 Å². The van der Waals surface area contributed by atoms with E-state index in [9.17, 15) is 19.2 Å². The van der Waals surface area contributed by atoms with Crippen LogP contribution in [0.3, 0.4) is 0 Å². The fraction of sp³-hybridized carbons (Fsp3) is 0.227. The third-order valence-corrected chi connectivity index (χ3v) is 4.61. The first kappa shape index (κ1) is 24.5. The summed E-state index contributed by atoms with van der Waals surface area (Å²) in [5.74, 6) is -2.78. The van der Waals surface area contributed by atoms with Gasteiger partial charge in [0.1, 0.15) is 22.0 Å². The molecule has 0 unspecified atom stereocenters. The molecule has 0 aliphatic heterocycles. The van der Waals surface area contributed by atoms with Gasteiger partial charge in [-0.15, -0.1) is 11.3 Å². The summed E-state index contributed by atoms with van der Waals surface area (Å²) in [4.78, 5) is 52.3. The van der Waals surface area contributed by atoms with Crippen molar-refractivity contribution in [3.05, 3.63) is 65.5 Å². The normalized spacial score (nSPS) is 10.6. The van der Waals surface area contributed by atoms with E-state index < -0.39 is 29.4 Å². The molecule has 0 aliphatic carbocycles. The van der Waals surface area contributed by atoms with E-state index in [-0.39, 0.29) is 17.1 Å². The van der Waals surface area contributed by atoms with Crippen molar-refractivity contribution in [2.45, 2.75) is 26.4 Å². The molecule has 10 heteroatoms. The number of aromatic nitrogens is 1. The highest BCUT2D eigenvalue weighted by atomic mass is 32.1. The zero-order valence-electron chi connectivity index (χ0n) is 18.1. The summed E-state index contributed by atoms with van der Waals surface area (Å²) in [7, 11) is 1.14. The van der Waals surface area contributed by atoms with Gasteiger partial charge in [-0.3, -0.25) is 9.59 Å². The van der Waals surface area contributed by atoms with Crippen LogP contribution in [0.25, 0.3) is 10.6 Å². The minimum absolute atomic E-state index is 0.0495. The standard InChI is InChI=1S/C22H23N3O6S/c1-12(17(26)24-13(2)20(28)30-6)23-18(27)16-11-32-19(25-16)14-8-7-9-15(10-14)21(29)31-22(3,4)5/h7-11H,1-2H2,3-6H3,(H,23,27)(H,24,26). The molecule has 1 aromatic carbocycles. The van der Waals surface area contributed by atoms with E-state index >= 15 is 0 Å². The van der Waals surface area contributed by atoms with E-state index in [1.54, 1.807) is 45.0 Å². The highest BCUT2D eigenvalue weighted by molar-refractivity contribution is 7.13. The number of nitrogens with zero attached hydrogens (tertiary/aromatic N) is 1. The maximum Gasteiger partial charge on any atom is 0.353 e. The Labute approximate surface area is 189 Å². The third-order valence-electron chi connectivity index (χ3n) is 3.72. The predicted molar refractivity (Wildman–Crippen MR) is 119 cm³/mol. The third kappa shape index (κ3) is 6.61. The van der Waals surface area contributed by atoms with Crippen molar-refractivity contribution in [3.8, 4) is 10.6 Å². The molecule has 2 amide bonds. The number of hydrogen-bond acceptors (Lipinski definition) is 8. The Morgan fingerprint density at radius 3 is 2.38 bits per heavy atom. The molecular weight excluding hydrogens is 434 g/mol. The lowest BCUT2D eigenvalue weighted by Crippen LogP contribution is -2.35. The Kier molecular flexibility index (Phi) is 7.66. The molecule has 0 atom stereocenters. The Balaban J connectivity index is 2.08. The second-order valence-electron chi connectivity index (χ2n) is 7.48. The first-order chi connectivity index (χ1) is 14.9. The fourth-order valence-electron chi connectivity index (χ4n) is 2.27. The fourth-order valence-corrected chi connectivity index (χ4v) is 3.07. The van der Waals surface area contributed by atoms with Gasteiger partial charge in [-0.05, 0) is 32.9 Å². The zero-order chi connectivity index (χ0) is 24.1. The molecule has 32 heavy (non-hydrogen) atoms. The van der Waals surface area contributed by atoms with Crippen molar-refractivity contribution in [1.29, 1.82) is 0 Å². The molecule has 0 saturated carbocycles. The summed E-state index contributed by atoms with van der Waals surface area (Å²) >= 11 is 1.19. The molecule has 0 spiro atoms. The van der Waals surface area contributed by atoms with Crippen LogP contribution in [-0.4, -0.2) is 41.4 Å². The molecule has 0 aliphatic rings. The van der Waals surface area contributed by atoms with Gasteiger partial charge in [0.15, 0.2) is 0 Å². The maximum atomic E-state index is 12.4. The number of thiazole rings is 1. The van der Waals surface area contributed by atoms with E-state index in [2.05, 4.69) is 33.5 Å². The van der Waals surface area contributed by atoms with Gasteiger partial charge in [-0.1, -0.05) is 25.3 Å². The van der Waals surface area contributed by atoms with Crippen molar-refractivity contribution in [2.75, 3.05) is 7.11 Å². The monoisotopic (exact) mass is 457 g/mol. The number of carbonyl (C=O) groups excluding carboxylic acids is 4. The van der Waals surface area contributed by atoms with E-state index in [0.29, 0.717) is 16.1 Å². The number of esters is 2. The van der Waals surface area contributed by atoms with Gasteiger partial charge < -0.3 is 20.1 Å². The topological polar surface area (TPSA) is 124 Å². The van der Waals surface area contributed by atoms with Crippen LogP contribution in [0.5, 0.6) is 0 Å². The number of nitrogens with one attached hydrogen (secondary N) is 2. The van der Waals surface area contributed by atoms with Crippen LogP contribution >= 0.6 is 11.3 Å². The Bertz CT molecular complexity index is 1100. The van der Waals surface area contributed by atoms with Gasteiger partial charge in [0.2, 0.25) is 0 Å². The SMILES string of the molecule is C=C(NC(=O)c1csc(-c2cccc(C(=O)OC(C)(C)C)c2)n1)C(=O)NC(=C)C(=O)OC. The molecule has 168 valence electrons. The molecule has 0 bridgehead atoms. The second kappa shape index (κ2) is 10.0. The quantitative estimate of drug-likeness (QED) is 0.484. The van der Waals surface area contributed by atoms with Crippen molar-refractivity contribution in [1.82, 2.24) is 15.6 Å². The number of carbonyl (C=O) groups is 4. The molecule has 0 fully saturated rings. The van der Waals surface area contributed by atoms with Crippen molar-refractivity contribution >= 4 is 35.1 Å². The van der Waals surface area contributed by atoms with Gasteiger partial charge >= 0.3 is 11.9 Å². The second-order valence-corrected chi connectivity index (χ2v) is 8.34. The van der Waals surface area contributed by atoms with Crippen molar-refractivity contribution in [3.63, 3.8) is 0 Å². The van der Waals surface area contributed by atoms with E-state index in [0.717, 1.165) is 7.11 Å². The van der Waals surface area contributed by atoms with Crippen LogP contribution in [0.1, 0.15) is 41.6 Å². The lowest BCUT2D eigenvalue weighted by molar-refractivity contribution is -0.137. The number of methoxy groups -OCH3 is 1. The summed E-state index contributed by atoms with van der Waals surface area (Å²) in [6.07, 6.45) is 0. The summed E-state index contributed by atoms with van der Waals surface area (Å²) in [5, 5.41) is 6.48. The van der Waals surface area contributed by atoms with E-state index in [1.807, 2.05) is 0 Å². The lowest BCUT2D eigenvalue weighted by Gasteiger charge is -2.19. The molecule has 2 N–H and O–H groups in total. The first-order valence-corrected chi connectivity index (χ1v) is 10.2. The average molecular weight is 458 g/mol. The Hall–Kier alpha value is -3.79. The van der Waals surface area contributed by atoms with Crippen LogP contribution in [0.4, 0.5) is 0 Å². The van der Waals surface area contributed by atoms with Gasteiger partial charge in [-0.25, -0.2) is 14.6 Å². The number of rotatable bonds is 7. The van der Waals surface area contributed by atoms with Gasteiger partial charge in [-0.2, -0.15) is 0 Å². The molecule has 1 aromatic heterocycles. The molecule has 1 heterocycles. The molecule has 9 nitrogen and oxygen atoms in total. The number of hydrogen-bond donors (Lipinski definition) is 2. The number of ether oxygens (including phenoxy) is 2. The molecule has 2 rings (SSSR count). The van der Waals surface area contributed by atoms with Crippen LogP contribution in [0.2, 0.25) is 0 Å². The minimum atomic E-state index is -0.825. The van der Waals surface area contributed by atoms with Gasteiger partial charge in [0.05, 0.1) is 18.4 Å². The van der Waals surface area contributed by atoms with Crippen LogP contribution in [-0.2, 0) is 19.1 Å². The number of amides is 2. The van der Waals surface area contributed by atoms with Crippen LogP contribution in [0, 0.1) is 0 Å². The molecule has 2 aromatic rings. The predicted octanol–water partition coefficient (Wildman–Crippen LogP) is 2.81. The molecular formula is C22H23N3O6S. The maximum absolute atomic E-state index is 12.4.